The summed E-state index contributed by atoms with van der Waals surface area (Å²) in [4.78, 5) is 15.9. The molecule has 22 heavy (non-hydrogen) atoms. The number of amides is 1. The third-order valence-electron chi connectivity index (χ3n) is 3.37. The number of hydrogen-bond acceptors (Lipinski definition) is 7. The minimum absolute atomic E-state index is 0.0158. The van der Waals surface area contributed by atoms with Gasteiger partial charge in [-0.15, -0.1) is 0 Å². The molecule has 1 atom stereocenters. The lowest BCUT2D eigenvalue weighted by atomic mass is 10.2. The number of furan rings is 1. The van der Waals surface area contributed by atoms with Crippen LogP contribution in [0.5, 0.6) is 0 Å². The van der Waals surface area contributed by atoms with E-state index in [2.05, 4.69) is 15.5 Å². The van der Waals surface area contributed by atoms with E-state index in [-0.39, 0.29) is 29.9 Å². The van der Waals surface area contributed by atoms with Crippen LogP contribution >= 0.6 is 0 Å². The molecule has 0 spiro atoms. The maximum atomic E-state index is 11.8. The Balaban J connectivity index is 1.49. The molecule has 1 N–H and O–H groups in total. The number of carbonyl (C=O) groups is 1. The first-order valence-corrected chi connectivity index (χ1v) is 8.70. The summed E-state index contributed by atoms with van der Waals surface area (Å²) >= 11 is 0. The smallest absolute Gasteiger partial charge is 0.238 e. The molecule has 1 amide bonds. The molecule has 0 unspecified atom stereocenters. The lowest BCUT2D eigenvalue weighted by molar-refractivity contribution is -0.121. The molecule has 1 aliphatic rings. The van der Waals surface area contributed by atoms with Crippen molar-refractivity contribution in [2.45, 2.75) is 25.3 Å². The van der Waals surface area contributed by atoms with Crippen LogP contribution in [0.1, 0.15) is 18.7 Å². The Hall–Kier alpha value is -2.16. The van der Waals surface area contributed by atoms with Crippen LogP contribution in [-0.2, 0) is 21.1 Å². The van der Waals surface area contributed by atoms with Gasteiger partial charge in [-0.1, -0.05) is 5.16 Å². The molecular weight excluding hydrogens is 310 g/mol. The topological polar surface area (TPSA) is 115 Å². The normalized spacial score (nSPS) is 20.1. The highest BCUT2D eigenvalue weighted by molar-refractivity contribution is 7.91. The van der Waals surface area contributed by atoms with Gasteiger partial charge < -0.3 is 14.3 Å². The summed E-state index contributed by atoms with van der Waals surface area (Å²) in [6.07, 6.45) is 2.43. The van der Waals surface area contributed by atoms with Crippen LogP contribution in [-0.4, -0.2) is 42.0 Å². The molecule has 0 aliphatic carbocycles. The largest absolute Gasteiger partial charge is 0.461 e. The fourth-order valence-corrected chi connectivity index (χ4v) is 3.96. The molecule has 118 valence electrons. The highest BCUT2D eigenvalue weighted by atomic mass is 32.2. The number of nitrogens with zero attached hydrogens (tertiary/aromatic N) is 2. The maximum absolute atomic E-state index is 11.8. The van der Waals surface area contributed by atoms with Gasteiger partial charge in [0, 0.05) is 18.9 Å². The lowest BCUT2D eigenvalue weighted by Crippen LogP contribution is -2.35. The molecule has 1 aliphatic heterocycles. The summed E-state index contributed by atoms with van der Waals surface area (Å²) in [6.45, 7) is 0. The van der Waals surface area contributed by atoms with Crippen molar-refractivity contribution in [2.75, 3.05) is 11.5 Å². The Labute approximate surface area is 126 Å². The van der Waals surface area contributed by atoms with Crippen molar-refractivity contribution in [1.29, 1.82) is 0 Å². The molecule has 0 bridgehead atoms. The van der Waals surface area contributed by atoms with Gasteiger partial charge in [-0.3, -0.25) is 4.79 Å². The number of aromatic nitrogens is 2. The summed E-state index contributed by atoms with van der Waals surface area (Å²) in [5.74, 6) is 1.09. The van der Waals surface area contributed by atoms with Crippen LogP contribution in [0.4, 0.5) is 0 Å². The molecule has 3 heterocycles. The number of rotatable bonds is 5. The Morgan fingerprint density at radius 1 is 1.45 bits per heavy atom. The first-order valence-electron chi connectivity index (χ1n) is 6.88. The fourth-order valence-electron chi connectivity index (χ4n) is 2.29. The zero-order chi connectivity index (χ0) is 15.6. The van der Waals surface area contributed by atoms with E-state index >= 15 is 0 Å². The third-order valence-corrected chi connectivity index (χ3v) is 5.14. The highest BCUT2D eigenvalue weighted by Gasteiger charge is 2.28. The predicted octanol–water partition coefficient (Wildman–Crippen LogP) is 0.565. The quantitative estimate of drug-likeness (QED) is 0.854. The second-order valence-electron chi connectivity index (χ2n) is 5.16. The molecule has 0 radical (unpaired) electrons. The van der Waals surface area contributed by atoms with Crippen molar-refractivity contribution >= 4 is 15.7 Å². The molecule has 8 nitrogen and oxygen atoms in total. The Bertz CT molecular complexity index is 750. The second kappa shape index (κ2) is 5.91. The number of carbonyl (C=O) groups excluding carboxylic acids is 1. The van der Waals surface area contributed by atoms with Crippen LogP contribution in [0.15, 0.2) is 27.3 Å². The number of nitrogens with one attached hydrogen (secondary N) is 1. The van der Waals surface area contributed by atoms with E-state index in [0.29, 0.717) is 30.3 Å². The number of sulfone groups is 1. The summed E-state index contributed by atoms with van der Waals surface area (Å²) < 4.78 is 32.8. The Morgan fingerprint density at radius 3 is 3.00 bits per heavy atom. The van der Waals surface area contributed by atoms with Gasteiger partial charge in [0.2, 0.25) is 17.6 Å². The lowest BCUT2D eigenvalue weighted by Gasteiger charge is -2.09. The fraction of sp³-hybridized carbons (Fsp3) is 0.462. The van der Waals surface area contributed by atoms with E-state index in [0.717, 1.165) is 0 Å². The molecule has 2 aromatic heterocycles. The number of hydrogen-bond donors (Lipinski definition) is 1. The molecule has 0 aromatic carbocycles. The standard InChI is InChI=1S/C13H15N3O5S/c17-11(14-9-5-7-22(18,19)8-9)3-4-12-15-13(16-21-12)10-2-1-6-20-10/h1-2,6,9H,3-5,7-8H2,(H,14,17)/t9-/m1/s1. The molecule has 1 fully saturated rings. The van der Waals surface area contributed by atoms with E-state index in [1.165, 1.54) is 6.26 Å². The summed E-state index contributed by atoms with van der Waals surface area (Å²) in [7, 11) is -3.00. The predicted molar refractivity (Wildman–Crippen MR) is 75.5 cm³/mol. The van der Waals surface area contributed by atoms with Crippen molar-refractivity contribution in [2.24, 2.45) is 0 Å². The monoisotopic (exact) mass is 325 g/mol. The third kappa shape index (κ3) is 3.53. The molecule has 1 saturated heterocycles. The average molecular weight is 325 g/mol. The van der Waals surface area contributed by atoms with Gasteiger partial charge in [0.1, 0.15) is 0 Å². The summed E-state index contributed by atoms with van der Waals surface area (Å²) in [5, 5.41) is 6.48. The van der Waals surface area contributed by atoms with Crippen molar-refractivity contribution in [3.05, 3.63) is 24.3 Å². The van der Waals surface area contributed by atoms with Gasteiger partial charge in [-0.2, -0.15) is 4.98 Å². The molecule has 0 saturated carbocycles. The molecular formula is C13H15N3O5S. The first-order chi connectivity index (χ1) is 10.5. The maximum Gasteiger partial charge on any atom is 0.238 e. The summed E-state index contributed by atoms with van der Waals surface area (Å²) in [6, 6.07) is 3.13. The average Bonchev–Trinajstić information content (AvgIpc) is 3.16. The van der Waals surface area contributed by atoms with E-state index in [9.17, 15) is 13.2 Å². The van der Waals surface area contributed by atoms with Gasteiger partial charge in [-0.05, 0) is 18.6 Å². The highest BCUT2D eigenvalue weighted by Crippen LogP contribution is 2.16. The van der Waals surface area contributed by atoms with Crippen LogP contribution in [0.2, 0.25) is 0 Å². The Morgan fingerprint density at radius 2 is 2.32 bits per heavy atom. The summed E-state index contributed by atoms with van der Waals surface area (Å²) in [5.41, 5.74) is 0. The minimum Gasteiger partial charge on any atom is -0.461 e. The van der Waals surface area contributed by atoms with E-state index in [4.69, 9.17) is 8.94 Å². The Kier molecular flexibility index (Phi) is 3.97. The van der Waals surface area contributed by atoms with Crippen molar-refractivity contribution in [3.63, 3.8) is 0 Å². The molecule has 2 aromatic rings. The zero-order valence-corrected chi connectivity index (χ0v) is 12.5. The van der Waals surface area contributed by atoms with Crippen molar-refractivity contribution in [3.8, 4) is 11.6 Å². The second-order valence-corrected chi connectivity index (χ2v) is 7.39. The molecule has 9 heteroatoms. The first kappa shape index (κ1) is 14.8. The van der Waals surface area contributed by atoms with Gasteiger partial charge in [-0.25, -0.2) is 8.42 Å². The van der Waals surface area contributed by atoms with Gasteiger partial charge in [0.25, 0.3) is 0 Å². The molecule has 3 rings (SSSR count). The van der Waals surface area contributed by atoms with E-state index < -0.39 is 9.84 Å². The van der Waals surface area contributed by atoms with Gasteiger partial charge in [0.15, 0.2) is 15.6 Å². The van der Waals surface area contributed by atoms with Gasteiger partial charge >= 0.3 is 0 Å². The SMILES string of the molecule is O=C(CCc1nc(-c2ccco2)no1)N[C@@H]1CCS(=O)(=O)C1. The minimum atomic E-state index is -3.00. The van der Waals surface area contributed by atoms with Crippen LogP contribution in [0, 0.1) is 0 Å². The number of aryl methyl sites for hydroxylation is 1. The zero-order valence-electron chi connectivity index (χ0n) is 11.7. The van der Waals surface area contributed by atoms with Crippen molar-refractivity contribution < 1.29 is 22.2 Å². The van der Waals surface area contributed by atoms with Gasteiger partial charge in [0.05, 0.1) is 17.8 Å². The van der Waals surface area contributed by atoms with E-state index in [1.807, 2.05) is 0 Å². The van der Waals surface area contributed by atoms with Crippen LogP contribution < -0.4 is 5.32 Å². The van der Waals surface area contributed by atoms with Crippen LogP contribution in [0.3, 0.4) is 0 Å². The van der Waals surface area contributed by atoms with Crippen LogP contribution in [0.25, 0.3) is 11.6 Å². The van der Waals surface area contributed by atoms with Crippen molar-refractivity contribution in [1.82, 2.24) is 15.5 Å². The van der Waals surface area contributed by atoms with E-state index in [1.54, 1.807) is 12.1 Å².